The second-order valence-electron chi connectivity index (χ2n) is 7.04. The highest BCUT2D eigenvalue weighted by Crippen LogP contribution is 2.31. The first-order chi connectivity index (χ1) is 15.9. The molecule has 6 nitrogen and oxygen atoms in total. The summed E-state index contributed by atoms with van der Waals surface area (Å²) in [6.07, 6.45) is 0. The SMILES string of the molecule is Cc1ccc(NC(=O)Nc2ccc3nc(SCC(=O)Nc4ccccc4F)sc3c2)c(Cl)c1. The zero-order valence-electron chi connectivity index (χ0n) is 17.3. The highest BCUT2D eigenvalue weighted by molar-refractivity contribution is 8.01. The molecule has 0 bridgehead atoms. The first kappa shape index (κ1) is 23.0. The van der Waals surface area contributed by atoms with Crippen molar-refractivity contribution in [3.05, 3.63) is 77.1 Å². The van der Waals surface area contributed by atoms with Gasteiger partial charge in [-0.2, -0.15) is 0 Å². The van der Waals surface area contributed by atoms with E-state index >= 15 is 0 Å². The first-order valence-corrected chi connectivity index (χ1v) is 12.0. The van der Waals surface area contributed by atoms with Gasteiger partial charge in [0.25, 0.3) is 0 Å². The molecule has 3 aromatic carbocycles. The van der Waals surface area contributed by atoms with Gasteiger partial charge in [0.1, 0.15) is 5.82 Å². The quantitative estimate of drug-likeness (QED) is 0.255. The number of anilines is 3. The topological polar surface area (TPSA) is 83.1 Å². The average Bonchev–Trinajstić information content (AvgIpc) is 3.18. The number of thiazole rings is 1. The summed E-state index contributed by atoms with van der Waals surface area (Å²) >= 11 is 8.83. The van der Waals surface area contributed by atoms with Crippen LogP contribution in [0.15, 0.2) is 65.0 Å². The first-order valence-electron chi connectivity index (χ1n) is 9.79. The third-order valence-corrected chi connectivity index (χ3v) is 6.95. The predicted octanol–water partition coefficient (Wildman–Crippen LogP) is 6.77. The summed E-state index contributed by atoms with van der Waals surface area (Å²) in [7, 11) is 0. The zero-order chi connectivity index (χ0) is 23.4. The summed E-state index contributed by atoms with van der Waals surface area (Å²) in [6, 6.07) is 16.3. The molecule has 0 unspecified atom stereocenters. The molecule has 0 radical (unpaired) electrons. The van der Waals surface area contributed by atoms with Crippen molar-refractivity contribution in [1.29, 1.82) is 0 Å². The Morgan fingerprint density at radius 2 is 1.85 bits per heavy atom. The van der Waals surface area contributed by atoms with Crippen LogP contribution in [0.3, 0.4) is 0 Å². The van der Waals surface area contributed by atoms with Crippen LogP contribution in [0.5, 0.6) is 0 Å². The number of halogens is 2. The molecule has 1 aromatic heterocycles. The molecule has 4 aromatic rings. The van der Waals surface area contributed by atoms with Crippen molar-refractivity contribution in [1.82, 2.24) is 4.98 Å². The normalized spacial score (nSPS) is 10.8. The van der Waals surface area contributed by atoms with Gasteiger partial charge in [-0.05, 0) is 55.0 Å². The van der Waals surface area contributed by atoms with Gasteiger partial charge in [0.2, 0.25) is 5.91 Å². The van der Waals surface area contributed by atoms with Crippen molar-refractivity contribution >= 4 is 73.9 Å². The van der Waals surface area contributed by atoms with E-state index in [0.717, 1.165) is 15.8 Å². The van der Waals surface area contributed by atoms with Gasteiger partial charge in [-0.25, -0.2) is 14.2 Å². The Labute approximate surface area is 202 Å². The van der Waals surface area contributed by atoms with E-state index in [0.29, 0.717) is 20.7 Å². The monoisotopic (exact) mass is 500 g/mol. The minimum absolute atomic E-state index is 0.0962. The maximum Gasteiger partial charge on any atom is 0.323 e. The number of carbonyl (C=O) groups excluding carboxylic acids is 2. The largest absolute Gasteiger partial charge is 0.323 e. The molecule has 0 aliphatic rings. The molecule has 3 amide bonds. The molecule has 0 saturated carbocycles. The number of benzene rings is 3. The minimum Gasteiger partial charge on any atom is -0.323 e. The maximum absolute atomic E-state index is 13.7. The van der Waals surface area contributed by atoms with E-state index in [9.17, 15) is 14.0 Å². The van der Waals surface area contributed by atoms with Crippen LogP contribution in [0.1, 0.15) is 5.56 Å². The Balaban J connectivity index is 1.36. The van der Waals surface area contributed by atoms with Gasteiger partial charge >= 0.3 is 6.03 Å². The van der Waals surface area contributed by atoms with E-state index in [1.165, 1.54) is 35.2 Å². The number of thioether (sulfide) groups is 1. The van der Waals surface area contributed by atoms with Crippen molar-refractivity contribution in [2.24, 2.45) is 0 Å². The van der Waals surface area contributed by atoms with Gasteiger partial charge in [-0.15, -0.1) is 11.3 Å². The van der Waals surface area contributed by atoms with Crippen LogP contribution in [0, 0.1) is 12.7 Å². The number of para-hydroxylation sites is 1. The molecule has 0 aliphatic heterocycles. The molecular formula is C23H18ClFN4O2S2. The molecule has 0 fully saturated rings. The van der Waals surface area contributed by atoms with Crippen LogP contribution in [-0.4, -0.2) is 22.7 Å². The van der Waals surface area contributed by atoms with E-state index < -0.39 is 11.8 Å². The smallest absolute Gasteiger partial charge is 0.323 e. The molecule has 10 heteroatoms. The fourth-order valence-electron chi connectivity index (χ4n) is 2.93. The summed E-state index contributed by atoms with van der Waals surface area (Å²) in [6.45, 7) is 1.92. The summed E-state index contributed by atoms with van der Waals surface area (Å²) in [5.41, 5.74) is 3.02. The second kappa shape index (κ2) is 10.2. The standard InChI is InChI=1S/C23H18ClFN4O2S2/c1-13-6-8-17(15(24)10-13)28-22(31)26-14-7-9-19-20(11-14)33-23(29-19)32-12-21(30)27-18-5-3-2-4-16(18)25/h2-11H,12H2,1H3,(H,27,30)(H2,26,28,31). The van der Waals surface area contributed by atoms with Gasteiger partial charge in [0.05, 0.1) is 32.4 Å². The summed E-state index contributed by atoms with van der Waals surface area (Å²) < 4.78 is 15.2. The third kappa shape index (κ3) is 6.01. The van der Waals surface area contributed by atoms with Crippen molar-refractivity contribution in [3.63, 3.8) is 0 Å². The van der Waals surface area contributed by atoms with E-state index in [4.69, 9.17) is 11.6 Å². The molecule has 3 N–H and O–H groups in total. The fraction of sp³-hybridized carbons (Fsp3) is 0.0870. The van der Waals surface area contributed by atoms with Crippen LogP contribution < -0.4 is 16.0 Å². The van der Waals surface area contributed by atoms with Gasteiger partial charge in [0, 0.05) is 5.69 Å². The Kier molecular flexibility index (Phi) is 7.12. The lowest BCUT2D eigenvalue weighted by Crippen LogP contribution is -2.19. The van der Waals surface area contributed by atoms with Crippen molar-refractivity contribution in [3.8, 4) is 0 Å². The number of carbonyl (C=O) groups is 2. The number of aryl methyl sites for hydroxylation is 1. The Morgan fingerprint density at radius 1 is 1.03 bits per heavy atom. The summed E-state index contributed by atoms with van der Waals surface area (Å²) in [5, 5.41) is 8.52. The van der Waals surface area contributed by atoms with Crippen LogP contribution >= 0.6 is 34.7 Å². The van der Waals surface area contributed by atoms with Crippen LogP contribution in [0.25, 0.3) is 10.2 Å². The lowest BCUT2D eigenvalue weighted by atomic mass is 10.2. The highest BCUT2D eigenvalue weighted by Gasteiger charge is 2.12. The van der Waals surface area contributed by atoms with Gasteiger partial charge in [0.15, 0.2) is 4.34 Å². The van der Waals surface area contributed by atoms with Crippen LogP contribution in [-0.2, 0) is 4.79 Å². The van der Waals surface area contributed by atoms with Crippen LogP contribution in [0.2, 0.25) is 5.02 Å². The van der Waals surface area contributed by atoms with Crippen LogP contribution in [0.4, 0.5) is 26.2 Å². The van der Waals surface area contributed by atoms with Gasteiger partial charge in [-0.1, -0.05) is 41.6 Å². The highest BCUT2D eigenvalue weighted by atomic mass is 35.5. The van der Waals surface area contributed by atoms with E-state index in [2.05, 4.69) is 20.9 Å². The van der Waals surface area contributed by atoms with Crippen molar-refractivity contribution < 1.29 is 14.0 Å². The minimum atomic E-state index is -0.482. The Morgan fingerprint density at radius 3 is 2.64 bits per heavy atom. The number of hydrogen-bond acceptors (Lipinski definition) is 5. The third-order valence-electron chi connectivity index (χ3n) is 4.47. The Bertz CT molecular complexity index is 1350. The number of urea groups is 1. The number of nitrogens with zero attached hydrogens (tertiary/aromatic N) is 1. The fourth-order valence-corrected chi connectivity index (χ4v) is 5.12. The lowest BCUT2D eigenvalue weighted by molar-refractivity contribution is -0.113. The molecule has 33 heavy (non-hydrogen) atoms. The summed E-state index contributed by atoms with van der Waals surface area (Å²) in [4.78, 5) is 29.0. The van der Waals surface area contributed by atoms with Gasteiger partial charge < -0.3 is 16.0 Å². The van der Waals surface area contributed by atoms with Crippen molar-refractivity contribution in [2.75, 3.05) is 21.7 Å². The molecule has 4 rings (SSSR count). The maximum atomic E-state index is 13.7. The Hall–Kier alpha value is -3.14. The number of hydrogen-bond donors (Lipinski definition) is 3. The molecule has 168 valence electrons. The molecule has 0 atom stereocenters. The molecule has 1 heterocycles. The average molecular weight is 501 g/mol. The predicted molar refractivity (Wildman–Crippen MR) is 134 cm³/mol. The number of nitrogens with one attached hydrogen (secondary N) is 3. The number of aromatic nitrogens is 1. The second-order valence-corrected chi connectivity index (χ2v) is 9.70. The lowest BCUT2D eigenvalue weighted by Gasteiger charge is -2.09. The van der Waals surface area contributed by atoms with Gasteiger partial charge in [-0.3, -0.25) is 4.79 Å². The number of fused-ring (bicyclic) bond motifs is 1. The molecular weight excluding hydrogens is 483 g/mol. The number of amides is 3. The summed E-state index contributed by atoms with van der Waals surface area (Å²) in [5.74, 6) is -0.707. The molecule has 0 saturated heterocycles. The molecule has 0 aliphatic carbocycles. The van der Waals surface area contributed by atoms with Crippen molar-refractivity contribution in [2.45, 2.75) is 11.3 Å². The van der Waals surface area contributed by atoms with E-state index in [1.54, 1.807) is 36.4 Å². The van der Waals surface area contributed by atoms with E-state index in [-0.39, 0.29) is 17.3 Å². The number of rotatable bonds is 6. The zero-order valence-corrected chi connectivity index (χ0v) is 19.7. The van der Waals surface area contributed by atoms with E-state index in [1.807, 2.05) is 19.1 Å². The molecule has 0 spiro atoms.